The second-order valence-electron chi connectivity index (χ2n) is 7.02. The van der Waals surface area contributed by atoms with Crippen LogP contribution < -0.4 is 4.74 Å². The van der Waals surface area contributed by atoms with Crippen LogP contribution in [0.3, 0.4) is 0 Å². The van der Waals surface area contributed by atoms with Crippen LogP contribution in [0.1, 0.15) is 68.6 Å². The summed E-state index contributed by atoms with van der Waals surface area (Å²) in [6.45, 7) is 1.51. The number of unbranched alkanes of at least 4 members (excludes halogenated alkanes) is 5. The second-order valence-corrected chi connectivity index (χ2v) is 7.40. The summed E-state index contributed by atoms with van der Waals surface area (Å²) in [6, 6.07) is 6.80. The predicted octanol–water partition coefficient (Wildman–Crippen LogP) is 4.97. The number of Topliss-reactive ketones (excluding diaryl/α,β-unsaturated/α-hetero) is 2. The van der Waals surface area contributed by atoms with Crippen LogP contribution in [-0.4, -0.2) is 23.4 Å². The van der Waals surface area contributed by atoms with Gasteiger partial charge in [0.15, 0.2) is 5.78 Å². The van der Waals surface area contributed by atoms with Crippen molar-refractivity contribution in [1.29, 1.82) is 0 Å². The molecule has 0 N–H and O–H groups in total. The average Bonchev–Trinajstić information content (AvgIpc) is 2.60. The van der Waals surface area contributed by atoms with Gasteiger partial charge in [-0.05, 0) is 37.8 Å². The largest absolute Gasteiger partial charge is 0.425 e. The Balaban J connectivity index is 1.98. The molecule has 142 valence electrons. The van der Waals surface area contributed by atoms with Crippen LogP contribution in [0.5, 0.6) is 5.75 Å². The molecule has 4 nitrogen and oxygen atoms in total. The molecular weight excluding hydrogens is 352 g/mol. The van der Waals surface area contributed by atoms with E-state index in [1.807, 2.05) is 0 Å². The van der Waals surface area contributed by atoms with E-state index in [1.165, 1.54) is 6.92 Å². The Morgan fingerprint density at radius 3 is 2.42 bits per heavy atom. The third kappa shape index (κ3) is 5.66. The van der Waals surface area contributed by atoms with Crippen molar-refractivity contribution < 1.29 is 19.1 Å². The van der Waals surface area contributed by atoms with Crippen molar-refractivity contribution in [3.63, 3.8) is 0 Å². The molecular formula is C21H27ClO4. The smallest absolute Gasteiger partial charge is 0.322 e. The zero-order valence-corrected chi connectivity index (χ0v) is 16.1. The molecule has 1 aromatic carbocycles. The van der Waals surface area contributed by atoms with Crippen molar-refractivity contribution in [2.75, 3.05) is 5.88 Å². The number of carbonyl (C=O) groups is 3. The minimum absolute atomic E-state index is 0.00317. The Morgan fingerprint density at radius 2 is 1.73 bits per heavy atom. The molecule has 0 bridgehead atoms. The quantitative estimate of drug-likeness (QED) is 0.179. The Bertz CT molecular complexity index is 641. The van der Waals surface area contributed by atoms with Crippen molar-refractivity contribution in [2.24, 2.45) is 11.8 Å². The fourth-order valence-corrected chi connectivity index (χ4v) is 3.77. The van der Waals surface area contributed by atoms with Crippen LogP contribution in [0.2, 0.25) is 0 Å². The summed E-state index contributed by atoms with van der Waals surface area (Å²) in [5, 5.41) is 0. The first-order chi connectivity index (χ1) is 12.5. The Hall–Kier alpha value is -1.68. The molecule has 26 heavy (non-hydrogen) atoms. The number of halogens is 1. The zero-order valence-electron chi connectivity index (χ0n) is 15.3. The van der Waals surface area contributed by atoms with Gasteiger partial charge in [0.25, 0.3) is 0 Å². The maximum atomic E-state index is 12.8. The van der Waals surface area contributed by atoms with Crippen LogP contribution in [0, 0.1) is 11.8 Å². The number of ketones is 2. The van der Waals surface area contributed by atoms with Crippen LogP contribution in [0.25, 0.3) is 0 Å². The number of alkyl halides is 1. The predicted molar refractivity (Wildman–Crippen MR) is 102 cm³/mol. The van der Waals surface area contributed by atoms with Crippen molar-refractivity contribution in [3.8, 4) is 5.75 Å². The standard InChI is InChI=1S/C21H27ClO4/c1-15(23)14-16(10-6-4-2-3-5-9-13-22)19-20(24)17-11-7-8-12-18(17)26-21(19)25/h7-8,11-12,16,19H,2-6,9-10,13-14H2,1H3. The number of fused-ring (bicyclic) bond motifs is 1. The van der Waals surface area contributed by atoms with Gasteiger partial charge in [-0.25, -0.2) is 0 Å². The molecule has 0 saturated carbocycles. The van der Waals surface area contributed by atoms with Gasteiger partial charge in [0, 0.05) is 12.3 Å². The zero-order chi connectivity index (χ0) is 18.9. The van der Waals surface area contributed by atoms with Gasteiger partial charge < -0.3 is 9.53 Å². The highest BCUT2D eigenvalue weighted by molar-refractivity contribution is 6.17. The number of para-hydroxylation sites is 1. The molecule has 2 atom stereocenters. The van der Waals surface area contributed by atoms with E-state index in [0.717, 1.165) is 38.5 Å². The maximum absolute atomic E-state index is 12.8. The van der Waals surface area contributed by atoms with E-state index in [2.05, 4.69) is 0 Å². The number of hydrogen-bond acceptors (Lipinski definition) is 4. The molecule has 0 fully saturated rings. The van der Waals surface area contributed by atoms with Gasteiger partial charge in [-0.15, -0.1) is 11.6 Å². The fraction of sp³-hybridized carbons (Fsp3) is 0.571. The van der Waals surface area contributed by atoms with Gasteiger partial charge in [0.2, 0.25) is 0 Å². The van der Waals surface area contributed by atoms with Gasteiger partial charge >= 0.3 is 5.97 Å². The summed E-state index contributed by atoms with van der Waals surface area (Å²) >= 11 is 5.67. The lowest BCUT2D eigenvalue weighted by molar-refractivity contribution is -0.140. The van der Waals surface area contributed by atoms with E-state index in [0.29, 0.717) is 23.6 Å². The van der Waals surface area contributed by atoms with Crippen molar-refractivity contribution in [3.05, 3.63) is 29.8 Å². The molecule has 5 heteroatoms. The topological polar surface area (TPSA) is 60.4 Å². The van der Waals surface area contributed by atoms with Crippen LogP contribution >= 0.6 is 11.6 Å². The van der Waals surface area contributed by atoms with Crippen LogP contribution in [0.15, 0.2) is 24.3 Å². The molecule has 1 heterocycles. The first kappa shape index (κ1) is 20.6. The van der Waals surface area contributed by atoms with Gasteiger partial charge in [-0.2, -0.15) is 0 Å². The molecule has 0 saturated heterocycles. The van der Waals surface area contributed by atoms with E-state index < -0.39 is 11.9 Å². The minimum Gasteiger partial charge on any atom is -0.425 e. The van der Waals surface area contributed by atoms with Gasteiger partial charge in [-0.1, -0.05) is 44.2 Å². The number of ether oxygens (including phenoxy) is 1. The molecule has 0 aromatic heterocycles. The molecule has 0 aliphatic carbocycles. The highest BCUT2D eigenvalue weighted by Gasteiger charge is 2.41. The van der Waals surface area contributed by atoms with E-state index in [1.54, 1.807) is 24.3 Å². The van der Waals surface area contributed by atoms with E-state index in [-0.39, 0.29) is 23.9 Å². The monoisotopic (exact) mass is 378 g/mol. The summed E-state index contributed by atoms with van der Waals surface area (Å²) in [6.07, 6.45) is 7.27. The van der Waals surface area contributed by atoms with Crippen molar-refractivity contribution in [2.45, 2.75) is 58.3 Å². The normalized spacial score (nSPS) is 17.5. The SMILES string of the molecule is CC(=O)CC(CCCCCCCCCl)C1C(=O)Oc2ccccc2C1=O. The Kier molecular flexibility index (Phi) is 8.30. The van der Waals surface area contributed by atoms with Crippen LogP contribution in [-0.2, 0) is 9.59 Å². The van der Waals surface area contributed by atoms with Crippen molar-refractivity contribution >= 4 is 29.1 Å². The number of hydrogen-bond donors (Lipinski definition) is 0. The minimum atomic E-state index is -0.870. The lowest BCUT2D eigenvalue weighted by atomic mass is 9.78. The summed E-state index contributed by atoms with van der Waals surface area (Å²) in [5.74, 6) is -0.883. The number of carbonyl (C=O) groups excluding carboxylic acids is 3. The summed E-state index contributed by atoms with van der Waals surface area (Å²) in [5.41, 5.74) is 0.437. The van der Waals surface area contributed by atoms with E-state index >= 15 is 0 Å². The average molecular weight is 379 g/mol. The van der Waals surface area contributed by atoms with E-state index in [9.17, 15) is 14.4 Å². The third-order valence-electron chi connectivity index (χ3n) is 4.88. The first-order valence-electron chi connectivity index (χ1n) is 9.45. The third-order valence-corrected chi connectivity index (χ3v) is 5.15. The van der Waals surface area contributed by atoms with E-state index in [4.69, 9.17) is 16.3 Å². The highest BCUT2D eigenvalue weighted by atomic mass is 35.5. The second kappa shape index (κ2) is 10.5. The lowest BCUT2D eigenvalue weighted by Crippen LogP contribution is -2.39. The molecule has 1 aliphatic rings. The molecule has 0 radical (unpaired) electrons. The molecule has 1 aromatic rings. The molecule has 2 unspecified atom stereocenters. The Morgan fingerprint density at radius 1 is 1.08 bits per heavy atom. The molecule has 2 rings (SSSR count). The molecule has 1 aliphatic heterocycles. The number of benzene rings is 1. The highest BCUT2D eigenvalue weighted by Crippen LogP contribution is 2.35. The lowest BCUT2D eigenvalue weighted by Gasteiger charge is -2.28. The van der Waals surface area contributed by atoms with Gasteiger partial charge in [0.1, 0.15) is 17.5 Å². The van der Waals surface area contributed by atoms with Crippen LogP contribution in [0.4, 0.5) is 0 Å². The van der Waals surface area contributed by atoms with Gasteiger partial charge in [0.05, 0.1) is 5.56 Å². The van der Waals surface area contributed by atoms with Gasteiger partial charge in [-0.3, -0.25) is 9.59 Å². The molecule has 0 amide bonds. The Labute approximate surface area is 160 Å². The fourth-order valence-electron chi connectivity index (χ4n) is 3.58. The number of rotatable bonds is 11. The summed E-state index contributed by atoms with van der Waals surface area (Å²) < 4.78 is 5.37. The first-order valence-corrected chi connectivity index (χ1v) is 9.98. The van der Waals surface area contributed by atoms with Crippen molar-refractivity contribution in [1.82, 2.24) is 0 Å². The maximum Gasteiger partial charge on any atom is 0.322 e. The summed E-state index contributed by atoms with van der Waals surface area (Å²) in [7, 11) is 0. The number of esters is 1. The summed E-state index contributed by atoms with van der Waals surface area (Å²) in [4.78, 5) is 37.0. The molecule has 0 spiro atoms.